The van der Waals surface area contributed by atoms with Crippen molar-refractivity contribution in [3.05, 3.63) is 113 Å². The van der Waals surface area contributed by atoms with Gasteiger partial charge in [0.05, 0.1) is 5.60 Å². The lowest BCUT2D eigenvalue weighted by atomic mass is 9.83. The first kappa shape index (κ1) is 36.4. The van der Waals surface area contributed by atoms with Crippen molar-refractivity contribution in [2.75, 3.05) is 19.8 Å². The number of carboxylic acid groups (broad SMARTS) is 1. The van der Waals surface area contributed by atoms with E-state index < -0.39 is 35.4 Å². The molecule has 2 atom stereocenters. The lowest BCUT2D eigenvalue weighted by Gasteiger charge is -2.35. The molecule has 0 spiro atoms. The number of hydrogen-bond acceptors (Lipinski definition) is 6. The number of carbonyl (C=O) groups is 3. The average molecular weight is 681 g/mol. The van der Waals surface area contributed by atoms with Crippen LogP contribution in [0.4, 0.5) is 9.59 Å². The molecule has 5 rings (SSSR count). The van der Waals surface area contributed by atoms with Crippen molar-refractivity contribution >= 4 is 23.7 Å². The van der Waals surface area contributed by atoms with Gasteiger partial charge >= 0.3 is 18.2 Å². The van der Waals surface area contributed by atoms with Crippen molar-refractivity contribution in [2.24, 2.45) is 0 Å². The fourth-order valence-corrected chi connectivity index (χ4v) is 6.62. The van der Waals surface area contributed by atoms with Gasteiger partial charge in [0.1, 0.15) is 18.2 Å². The summed E-state index contributed by atoms with van der Waals surface area (Å²) in [6.07, 6.45) is 7.27. The summed E-state index contributed by atoms with van der Waals surface area (Å²) in [5.74, 6) is -1.32. The molecule has 0 radical (unpaired) electrons. The third kappa shape index (κ3) is 9.21. The second-order valence-electron chi connectivity index (χ2n) is 13.8. The van der Waals surface area contributed by atoms with Gasteiger partial charge in [0.25, 0.3) is 0 Å². The Kier molecular flexibility index (Phi) is 11.8. The quantitative estimate of drug-likeness (QED) is 0.147. The molecule has 2 aliphatic carbocycles. The smallest absolute Gasteiger partial charge is 0.407 e. The molecule has 0 aliphatic heterocycles. The molecule has 2 unspecified atom stereocenters. The highest BCUT2D eigenvalue weighted by atomic mass is 16.6. The van der Waals surface area contributed by atoms with E-state index >= 15 is 0 Å². The van der Waals surface area contributed by atoms with E-state index in [9.17, 15) is 19.5 Å². The number of rotatable bonds is 14. The number of benzene rings is 3. The van der Waals surface area contributed by atoms with Crippen LogP contribution in [0.1, 0.15) is 81.5 Å². The van der Waals surface area contributed by atoms with Gasteiger partial charge in [0, 0.05) is 25.5 Å². The molecule has 0 heterocycles. The standard InChI is InChI=1S/C41H48N2O7/c1-5-28-14-6-7-15-30(28)29-20-22-41(23-21-29,49-25-13-12-24-42-38(46)50-40(2,3)4)26-36(37(44)45)43-39(47)48-27-35-33-18-10-8-16-31(33)32-17-9-11-19-34(32)35/h6-11,14-22,35-36H,5,12-13,23-27H2,1-4H3,(H,42,46)(H,43,47)(H,44,45). The Morgan fingerprint density at radius 1 is 0.900 bits per heavy atom. The minimum atomic E-state index is -1.26. The molecule has 3 aromatic carbocycles. The molecule has 264 valence electrons. The fraction of sp³-hybridized carbons (Fsp3) is 0.390. The molecule has 9 heteroatoms. The number of nitrogens with one attached hydrogen (secondary N) is 2. The summed E-state index contributed by atoms with van der Waals surface area (Å²) in [4.78, 5) is 37.7. The zero-order chi connectivity index (χ0) is 35.7. The second kappa shape index (κ2) is 16.2. The van der Waals surface area contributed by atoms with Crippen LogP contribution in [0.3, 0.4) is 0 Å². The number of aliphatic carboxylic acids is 1. The molecule has 50 heavy (non-hydrogen) atoms. The summed E-state index contributed by atoms with van der Waals surface area (Å²) in [6, 6.07) is 23.0. The molecule has 0 bridgehead atoms. The highest BCUT2D eigenvalue weighted by molar-refractivity contribution is 5.82. The zero-order valence-corrected chi connectivity index (χ0v) is 29.4. The number of carbonyl (C=O) groups excluding carboxylic acids is 2. The van der Waals surface area contributed by atoms with Crippen molar-refractivity contribution in [3.63, 3.8) is 0 Å². The van der Waals surface area contributed by atoms with E-state index in [0.29, 0.717) is 32.4 Å². The van der Waals surface area contributed by atoms with Crippen molar-refractivity contribution < 1.29 is 33.7 Å². The Morgan fingerprint density at radius 2 is 1.54 bits per heavy atom. The molecular formula is C41H48N2O7. The third-order valence-corrected chi connectivity index (χ3v) is 9.06. The summed E-state index contributed by atoms with van der Waals surface area (Å²) in [7, 11) is 0. The van der Waals surface area contributed by atoms with Crippen LogP contribution in [0.5, 0.6) is 0 Å². The van der Waals surface area contributed by atoms with Gasteiger partial charge in [-0.3, -0.25) is 0 Å². The van der Waals surface area contributed by atoms with Gasteiger partial charge in [-0.25, -0.2) is 14.4 Å². The molecule has 0 saturated heterocycles. The van der Waals surface area contributed by atoms with Crippen LogP contribution in [-0.4, -0.2) is 60.3 Å². The number of hydrogen-bond donors (Lipinski definition) is 3. The van der Waals surface area contributed by atoms with Crippen LogP contribution < -0.4 is 10.6 Å². The average Bonchev–Trinajstić information content (AvgIpc) is 3.41. The van der Waals surface area contributed by atoms with Gasteiger partial charge in [-0.15, -0.1) is 0 Å². The topological polar surface area (TPSA) is 123 Å². The maximum absolute atomic E-state index is 13.2. The number of unbranched alkanes of at least 4 members (excludes halogenated alkanes) is 1. The highest BCUT2D eigenvalue weighted by Crippen LogP contribution is 2.44. The lowest BCUT2D eigenvalue weighted by molar-refractivity contribution is -0.141. The Balaban J connectivity index is 1.24. The lowest BCUT2D eigenvalue weighted by Crippen LogP contribution is -2.48. The van der Waals surface area contributed by atoms with Crippen LogP contribution in [0.2, 0.25) is 0 Å². The predicted octanol–water partition coefficient (Wildman–Crippen LogP) is 8.03. The summed E-state index contributed by atoms with van der Waals surface area (Å²) in [6.45, 7) is 8.37. The molecule has 9 nitrogen and oxygen atoms in total. The maximum atomic E-state index is 13.2. The molecule has 3 aromatic rings. The molecule has 0 aromatic heterocycles. The molecule has 2 aliphatic rings. The number of carboxylic acids is 1. The van der Waals surface area contributed by atoms with Gasteiger partial charge in [-0.2, -0.15) is 0 Å². The molecule has 3 N–H and O–H groups in total. The number of fused-ring (bicyclic) bond motifs is 3. The Bertz CT molecular complexity index is 1690. The van der Waals surface area contributed by atoms with Gasteiger partial charge in [0.15, 0.2) is 0 Å². The van der Waals surface area contributed by atoms with E-state index in [-0.39, 0.29) is 18.9 Å². The van der Waals surface area contributed by atoms with E-state index in [1.807, 2.05) is 81.5 Å². The number of allylic oxidation sites excluding steroid dienone is 2. The highest BCUT2D eigenvalue weighted by Gasteiger charge is 2.37. The summed E-state index contributed by atoms with van der Waals surface area (Å²) >= 11 is 0. The number of amides is 2. The predicted molar refractivity (Wildman–Crippen MR) is 194 cm³/mol. The second-order valence-corrected chi connectivity index (χ2v) is 13.8. The van der Waals surface area contributed by atoms with E-state index in [0.717, 1.165) is 39.8 Å². The van der Waals surface area contributed by atoms with Crippen LogP contribution in [0, 0.1) is 0 Å². The monoisotopic (exact) mass is 680 g/mol. The third-order valence-electron chi connectivity index (χ3n) is 9.06. The van der Waals surface area contributed by atoms with Gasteiger partial charge < -0.3 is 30.0 Å². The minimum Gasteiger partial charge on any atom is -0.480 e. The van der Waals surface area contributed by atoms with E-state index in [2.05, 4.69) is 47.9 Å². The van der Waals surface area contributed by atoms with Crippen molar-refractivity contribution in [1.29, 1.82) is 0 Å². The van der Waals surface area contributed by atoms with Crippen LogP contribution >= 0.6 is 0 Å². The summed E-state index contributed by atoms with van der Waals surface area (Å²) in [5, 5.41) is 15.6. The molecule has 0 fully saturated rings. The zero-order valence-electron chi connectivity index (χ0n) is 29.4. The minimum absolute atomic E-state index is 0.00160. The van der Waals surface area contributed by atoms with E-state index in [1.54, 1.807) is 0 Å². The molecule has 0 saturated carbocycles. The largest absolute Gasteiger partial charge is 0.480 e. The first-order valence-electron chi connectivity index (χ1n) is 17.4. The first-order valence-corrected chi connectivity index (χ1v) is 17.4. The Hall–Kier alpha value is -4.89. The van der Waals surface area contributed by atoms with Gasteiger partial charge in [-0.1, -0.05) is 97.9 Å². The number of alkyl carbamates (subject to hydrolysis) is 2. The van der Waals surface area contributed by atoms with Crippen LogP contribution in [0.15, 0.2) is 91.0 Å². The fourth-order valence-electron chi connectivity index (χ4n) is 6.62. The normalized spacial score (nSPS) is 17.2. The first-order chi connectivity index (χ1) is 24.0. The van der Waals surface area contributed by atoms with Crippen molar-refractivity contribution in [3.8, 4) is 11.1 Å². The van der Waals surface area contributed by atoms with Crippen LogP contribution in [0.25, 0.3) is 16.7 Å². The summed E-state index contributed by atoms with van der Waals surface area (Å²) in [5.41, 5.74) is 6.19. The number of ether oxygens (including phenoxy) is 3. The SMILES string of the molecule is CCc1ccccc1C1=CCC(CC(NC(=O)OCC2c3ccccc3-c3ccccc32)C(=O)O)(OCCCCNC(=O)OC(C)(C)C)C=C1. The number of aryl methyl sites for hydroxylation is 1. The Morgan fingerprint density at radius 3 is 2.14 bits per heavy atom. The molecule has 2 amide bonds. The van der Waals surface area contributed by atoms with Gasteiger partial charge in [-0.05, 0) is 85.4 Å². The maximum Gasteiger partial charge on any atom is 0.407 e. The van der Waals surface area contributed by atoms with Gasteiger partial charge in [0.2, 0.25) is 0 Å². The molecular weight excluding hydrogens is 632 g/mol. The summed E-state index contributed by atoms with van der Waals surface area (Å²) < 4.78 is 17.4. The van der Waals surface area contributed by atoms with E-state index in [4.69, 9.17) is 14.2 Å². The van der Waals surface area contributed by atoms with Crippen LogP contribution in [-0.2, 0) is 25.4 Å². The Labute approximate surface area is 294 Å². The van der Waals surface area contributed by atoms with E-state index in [1.165, 1.54) is 5.56 Å². The van der Waals surface area contributed by atoms with Crippen molar-refractivity contribution in [2.45, 2.75) is 83.0 Å². The van der Waals surface area contributed by atoms with Crippen molar-refractivity contribution in [1.82, 2.24) is 10.6 Å².